The van der Waals surface area contributed by atoms with Gasteiger partial charge in [-0.1, -0.05) is 19.9 Å². The molecule has 6 atom stereocenters. The molecule has 29 heavy (non-hydrogen) atoms. The smallest absolute Gasteiger partial charge is 0.161 e. The predicted octanol–water partition coefficient (Wildman–Crippen LogP) is 4.03. The molecule has 0 amide bonds. The van der Waals surface area contributed by atoms with Gasteiger partial charge >= 0.3 is 0 Å². The van der Waals surface area contributed by atoms with Crippen LogP contribution in [0.1, 0.15) is 63.0 Å². The van der Waals surface area contributed by atoms with Crippen molar-refractivity contribution in [2.24, 2.45) is 17.3 Å². The summed E-state index contributed by atoms with van der Waals surface area (Å²) in [6.07, 6.45) is 4.24. The maximum Gasteiger partial charge on any atom is 0.161 e. The molecule has 160 valence electrons. The summed E-state index contributed by atoms with van der Waals surface area (Å²) in [5.41, 5.74) is 0.746. The lowest BCUT2D eigenvalue weighted by Crippen LogP contribution is -2.75. The standard InChI is InChI=1S/C24H34FNO3/c1-4-23-11-16-7-8-18(29-3)21(27)19(16)20-14(2)17(25)9-10-24(20,28)22(23)26(13-23)12-15-5-6-15/h7-8,14-15,17,20,22,27-28H,4-6,9-13H2,1-3H3/t14?,17?,20?,22-,23?,24+/m0/s1. The number of likely N-dealkylation sites (tertiary alicyclic amines) is 1. The molecule has 0 radical (unpaired) electrons. The molecule has 2 saturated carbocycles. The molecule has 1 heterocycles. The molecule has 0 spiro atoms. The number of hydrogen-bond donors (Lipinski definition) is 2. The number of nitrogens with zero attached hydrogens (tertiary/aromatic N) is 1. The van der Waals surface area contributed by atoms with E-state index in [0.29, 0.717) is 18.6 Å². The minimum absolute atomic E-state index is 0.0168. The van der Waals surface area contributed by atoms with Crippen molar-refractivity contribution in [3.8, 4) is 11.5 Å². The second kappa shape index (κ2) is 6.58. The molecule has 0 aromatic heterocycles. The van der Waals surface area contributed by atoms with Crippen LogP contribution in [0.25, 0.3) is 0 Å². The second-order valence-electron chi connectivity index (χ2n) is 10.2. The van der Waals surface area contributed by atoms with E-state index in [2.05, 4.69) is 11.8 Å². The average Bonchev–Trinajstić information content (AvgIpc) is 3.50. The SMILES string of the molecule is CCC12Cc3ccc(OC)c(O)c3C3C(C)C(F)CC[C@]3(O)[C@H]1N(CC1CC1)C2. The van der Waals surface area contributed by atoms with E-state index in [1.165, 1.54) is 12.8 Å². The number of halogens is 1. The normalized spacial score (nSPS) is 41.6. The van der Waals surface area contributed by atoms with Gasteiger partial charge in [0.2, 0.25) is 0 Å². The first-order valence-corrected chi connectivity index (χ1v) is 11.3. The summed E-state index contributed by atoms with van der Waals surface area (Å²) >= 11 is 0. The first kappa shape index (κ1) is 19.6. The largest absolute Gasteiger partial charge is 0.504 e. The molecule has 5 rings (SSSR count). The van der Waals surface area contributed by atoms with Crippen LogP contribution in [0.3, 0.4) is 0 Å². The van der Waals surface area contributed by atoms with E-state index in [-0.39, 0.29) is 23.1 Å². The van der Waals surface area contributed by atoms with Gasteiger partial charge in [0.1, 0.15) is 6.17 Å². The molecular formula is C24H34FNO3. The monoisotopic (exact) mass is 403 g/mol. The lowest BCUT2D eigenvalue weighted by molar-refractivity contribution is -0.208. The lowest BCUT2D eigenvalue weighted by atomic mass is 9.55. The summed E-state index contributed by atoms with van der Waals surface area (Å²) in [4.78, 5) is 2.49. The number of phenolic OH excluding ortho intramolecular Hbond substituents is 1. The fraction of sp³-hybridized carbons (Fsp3) is 0.750. The molecule has 4 unspecified atom stereocenters. The summed E-state index contributed by atoms with van der Waals surface area (Å²) < 4.78 is 20.4. The van der Waals surface area contributed by atoms with Crippen molar-refractivity contribution in [3.05, 3.63) is 23.3 Å². The predicted molar refractivity (Wildman–Crippen MR) is 110 cm³/mol. The van der Waals surface area contributed by atoms with Crippen molar-refractivity contribution < 1.29 is 19.3 Å². The van der Waals surface area contributed by atoms with Gasteiger partial charge in [0.15, 0.2) is 11.5 Å². The molecule has 1 aliphatic heterocycles. The Labute approximate surface area is 173 Å². The van der Waals surface area contributed by atoms with Crippen LogP contribution >= 0.6 is 0 Å². The number of benzene rings is 1. The second-order valence-corrected chi connectivity index (χ2v) is 10.2. The Hall–Kier alpha value is -1.33. The Morgan fingerprint density at radius 1 is 1.28 bits per heavy atom. The van der Waals surface area contributed by atoms with E-state index in [4.69, 9.17) is 4.74 Å². The molecule has 4 nitrogen and oxygen atoms in total. The van der Waals surface area contributed by atoms with Crippen LogP contribution < -0.4 is 4.74 Å². The molecule has 2 N–H and O–H groups in total. The first-order chi connectivity index (χ1) is 13.8. The Kier molecular flexibility index (Phi) is 4.45. The highest BCUT2D eigenvalue weighted by Crippen LogP contribution is 2.62. The third-order valence-electron chi connectivity index (χ3n) is 8.63. The zero-order chi connectivity index (χ0) is 20.6. The molecule has 4 aliphatic rings. The van der Waals surface area contributed by atoms with Gasteiger partial charge in [0.25, 0.3) is 0 Å². The van der Waals surface area contributed by atoms with E-state index in [1.807, 2.05) is 19.1 Å². The number of alkyl halides is 1. The highest BCUT2D eigenvalue weighted by Gasteiger charge is 2.67. The fourth-order valence-electron chi connectivity index (χ4n) is 7.03. The highest BCUT2D eigenvalue weighted by molar-refractivity contribution is 5.55. The Bertz CT molecular complexity index is 812. The number of phenols is 1. The van der Waals surface area contributed by atoms with Gasteiger partial charge in [-0.25, -0.2) is 4.39 Å². The van der Waals surface area contributed by atoms with Crippen molar-refractivity contribution in [3.63, 3.8) is 0 Å². The van der Waals surface area contributed by atoms with E-state index in [1.54, 1.807) is 7.11 Å². The van der Waals surface area contributed by atoms with E-state index < -0.39 is 17.7 Å². The molecule has 3 aliphatic carbocycles. The number of aromatic hydroxyl groups is 1. The molecule has 3 fully saturated rings. The zero-order valence-electron chi connectivity index (χ0n) is 17.8. The minimum atomic E-state index is -1.03. The molecule has 1 aromatic carbocycles. The van der Waals surface area contributed by atoms with Gasteiger partial charge in [0.05, 0.1) is 12.7 Å². The van der Waals surface area contributed by atoms with Crippen LogP contribution in [0.15, 0.2) is 12.1 Å². The first-order valence-electron chi connectivity index (χ1n) is 11.3. The summed E-state index contributed by atoms with van der Waals surface area (Å²) in [5, 5.41) is 23.4. The van der Waals surface area contributed by atoms with Gasteiger partial charge in [0, 0.05) is 36.0 Å². The fourth-order valence-corrected chi connectivity index (χ4v) is 7.03. The third-order valence-corrected chi connectivity index (χ3v) is 8.63. The summed E-state index contributed by atoms with van der Waals surface area (Å²) in [6, 6.07) is 3.88. The van der Waals surface area contributed by atoms with Gasteiger partial charge in [-0.05, 0) is 62.0 Å². The molecule has 0 bridgehead atoms. The summed E-state index contributed by atoms with van der Waals surface area (Å²) in [6.45, 7) is 6.16. The highest BCUT2D eigenvalue weighted by atomic mass is 19.1. The van der Waals surface area contributed by atoms with Crippen LogP contribution in [-0.4, -0.2) is 53.1 Å². The van der Waals surface area contributed by atoms with Crippen LogP contribution in [0.5, 0.6) is 11.5 Å². The Morgan fingerprint density at radius 3 is 2.69 bits per heavy atom. The van der Waals surface area contributed by atoms with Crippen molar-refractivity contribution in [1.82, 2.24) is 4.90 Å². The van der Waals surface area contributed by atoms with Crippen molar-refractivity contribution in [2.45, 2.75) is 76.1 Å². The summed E-state index contributed by atoms with van der Waals surface area (Å²) in [7, 11) is 1.54. The van der Waals surface area contributed by atoms with Gasteiger partial charge in [-0.15, -0.1) is 0 Å². The molecule has 1 aromatic rings. The molecule has 1 saturated heterocycles. The van der Waals surface area contributed by atoms with Crippen molar-refractivity contribution >= 4 is 0 Å². The third kappa shape index (κ3) is 2.69. The van der Waals surface area contributed by atoms with Crippen LogP contribution in [0, 0.1) is 17.3 Å². The van der Waals surface area contributed by atoms with E-state index in [9.17, 15) is 14.6 Å². The topological polar surface area (TPSA) is 52.9 Å². The Balaban J connectivity index is 1.68. The maximum absolute atomic E-state index is 15.0. The number of hydrogen-bond acceptors (Lipinski definition) is 4. The Morgan fingerprint density at radius 2 is 2.03 bits per heavy atom. The number of methoxy groups -OCH3 is 1. The van der Waals surface area contributed by atoms with Crippen LogP contribution in [0.4, 0.5) is 4.39 Å². The molecule has 5 heteroatoms. The minimum Gasteiger partial charge on any atom is -0.504 e. The van der Waals surface area contributed by atoms with Gasteiger partial charge in [-0.2, -0.15) is 0 Å². The number of rotatable bonds is 4. The van der Waals surface area contributed by atoms with Gasteiger partial charge in [-0.3, -0.25) is 4.90 Å². The molecular weight excluding hydrogens is 369 g/mol. The van der Waals surface area contributed by atoms with Crippen LogP contribution in [-0.2, 0) is 6.42 Å². The maximum atomic E-state index is 15.0. The lowest BCUT2D eigenvalue weighted by Gasteiger charge is -2.65. The number of ether oxygens (including phenoxy) is 1. The zero-order valence-corrected chi connectivity index (χ0v) is 17.8. The van der Waals surface area contributed by atoms with Crippen LogP contribution in [0.2, 0.25) is 0 Å². The number of fused-ring (bicyclic) bond motifs is 5. The van der Waals surface area contributed by atoms with E-state index in [0.717, 1.165) is 43.0 Å². The van der Waals surface area contributed by atoms with Crippen molar-refractivity contribution in [2.75, 3.05) is 20.2 Å². The number of aliphatic hydroxyl groups is 1. The van der Waals surface area contributed by atoms with E-state index >= 15 is 0 Å². The quantitative estimate of drug-likeness (QED) is 0.797. The summed E-state index contributed by atoms with van der Waals surface area (Å²) in [5.74, 6) is 0.490. The van der Waals surface area contributed by atoms with Gasteiger partial charge < -0.3 is 14.9 Å². The van der Waals surface area contributed by atoms with Crippen molar-refractivity contribution in [1.29, 1.82) is 0 Å². The average molecular weight is 404 g/mol.